The van der Waals surface area contributed by atoms with E-state index in [1.54, 1.807) is 11.3 Å². The summed E-state index contributed by atoms with van der Waals surface area (Å²) < 4.78 is 6.89. The van der Waals surface area contributed by atoms with Crippen molar-refractivity contribution in [3.63, 3.8) is 0 Å². The Labute approximate surface area is 132 Å². The number of rotatable bonds is 6. The molecule has 1 aromatic heterocycles. The Morgan fingerprint density at radius 3 is 2.90 bits per heavy atom. The van der Waals surface area contributed by atoms with E-state index in [-0.39, 0.29) is 0 Å². The van der Waals surface area contributed by atoms with Gasteiger partial charge in [0.1, 0.15) is 17.4 Å². The average molecular weight is 355 g/mol. The fraction of sp³-hybridized carbons (Fsp3) is 0.400. The summed E-state index contributed by atoms with van der Waals surface area (Å²) in [6, 6.07) is 6.49. The minimum atomic E-state index is 0.476. The van der Waals surface area contributed by atoms with Gasteiger partial charge < -0.3 is 10.1 Å². The molecule has 0 spiro atoms. The molecule has 0 saturated carbocycles. The standard InChI is InChI=1S/C15H19BrN2OS/c1-10(2)17-7-15-18-13(9-20-15)8-19-14-5-4-12(16)6-11(14)3/h4-6,9-10,17H,7-8H2,1-3H3. The second-order valence-corrected chi connectivity index (χ2v) is 6.83. The van der Waals surface area contributed by atoms with Crippen LogP contribution < -0.4 is 10.1 Å². The lowest BCUT2D eigenvalue weighted by molar-refractivity contribution is 0.299. The minimum Gasteiger partial charge on any atom is -0.487 e. The molecular weight excluding hydrogens is 336 g/mol. The van der Waals surface area contributed by atoms with Gasteiger partial charge in [0.25, 0.3) is 0 Å². The van der Waals surface area contributed by atoms with Gasteiger partial charge in [-0.05, 0) is 30.7 Å². The van der Waals surface area contributed by atoms with Crippen molar-refractivity contribution < 1.29 is 4.74 Å². The maximum atomic E-state index is 5.82. The molecule has 0 aliphatic carbocycles. The Bertz CT molecular complexity index is 569. The van der Waals surface area contributed by atoms with Gasteiger partial charge in [-0.2, -0.15) is 0 Å². The highest BCUT2D eigenvalue weighted by Gasteiger charge is 2.05. The van der Waals surface area contributed by atoms with Crippen LogP contribution in [-0.2, 0) is 13.2 Å². The van der Waals surface area contributed by atoms with Crippen molar-refractivity contribution in [2.24, 2.45) is 0 Å². The molecule has 1 N–H and O–H groups in total. The van der Waals surface area contributed by atoms with Crippen LogP contribution in [0.1, 0.15) is 30.1 Å². The van der Waals surface area contributed by atoms with Crippen LogP contribution in [0, 0.1) is 6.92 Å². The predicted octanol–water partition coefficient (Wildman–Crippen LogP) is 4.29. The molecule has 2 rings (SSSR count). The number of aromatic nitrogens is 1. The van der Waals surface area contributed by atoms with Crippen molar-refractivity contribution in [1.29, 1.82) is 0 Å². The second kappa shape index (κ2) is 7.20. The summed E-state index contributed by atoms with van der Waals surface area (Å²) in [5, 5.41) is 6.53. The molecule has 108 valence electrons. The maximum Gasteiger partial charge on any atom is 0.131 e. The minimum absolute atomic E-state index is 0.476. The van der Waals surface area contributed by atoms with Gasteiger partial charge in [-0.25, -0.2) is 4.98 Å². The first-order chi connectivity index (χ1) is 9.54. The van der Waals surface area contributed by atoms with E-state index in [0.717, 1.165) is 33.0 Å². The van der Waals surface area contributed by atoms with Crippen LogP contribution in [0.3, 0.4) is 0 Å². The first kappa shape index (κ1) is 15.5. The van der Waals surface area contributed by atoms with E-state index in [2.05, 4.69) is 45.5 Å². The monoisotopic (exact) mass is 354 g/mol. The van der Waals surface area contributed by atoms with E-state index in [4.69, 9.17) is 4.74 Å². The maximum absolute atomic E-state index is 5.82. The molecule has 0 bridgehead atoms. The lowest BCUT2D eigenvalue weighted by Crippen LogP contribution is -2.21. The van der Waals surface area contributed by atoms with Gasteiger partial charge in [0.05, 0.1) is 5.69 Å². The molecule has 3 nitrogen and oxygen atoms in total. The first-order valence-corrected chi connectivity index (χ1v) is 8.27. The lowest BCUT2D eigenvalue weighted by atomic mass is 10.2. The SMILES string of the molecule is Cc1cc(Br)ccc1OCc1csc(CNC(C)C)n1. The molecule has 0 radical (unpaired) electrons. The molecule has 0 aliphatic rings. The van der Waals surface area contributed by atoms with Gasteiger partial charge in [-0.15, -0.1) is 11.3 Å². The van der Waals surface area contributed by atoms with E-state index >= 15 is 0 Å². The highest BCUT2D eigenvalue weighted by atomic mass is 79.9. The number of nitrogens with zero attached hydrogens (tertiary/aromatic N) is 1. The highest BCUT2D eigenvalue weighted by molar-refractivity contribution is 9.10. The van der Waals surface area contributed by atoms with Crippen LogP contribution in [0.4, 0.5) is 0 Å². The van der Waals surface area contributed by atoms with Crippen LogP contribution >= 0.6 is 27.3 Å². The van der Waals surface area contributed by atoms with Crippen molar-refractivity contribution in [2.75, 3.05) is 0 Å². The zero-order chi connectivity index (χ0) is 14.5. The van der Waals surface area contributed by atoms with Crippen molar-refractivity contribution in [3.8, 4) is 5.75 Å². The Kier molecular flexibility index (Phi) is 5.57. The quantitative estimate of drug-likeness (QED) is 0.839. The van der Waals surface area contributed by atoms with E-state index in [1.165, 1.54) is 0 Å². The zero-order valence-electron chi connectivity index (χ0n) is 11.9. The summed E-state index contributed by atoms with van der Waals surface area (Å²) in [6.07, 6.45) is 0. The Hall–Kier alpha value is -0.910. The van der Waals surface area contributed by atoms with Crippen LogP contribution in [0.2, 0.25) is 0 Å². The van der Waals surface area contributed by atoms with Crippen molar-refractivity contribution in [3.05, 3.63) is 44.3 Å². The molecule has 0 amide bonds. The molecule has 20 heavy (non-hydrogen) atoms. The molecule has 0 atom stereocenters. The fourth-order valence-corrected chi connectivity index (χ4v) is 2.92. The van der Waals surface area contributed by atoms with Gasteiger partial charge >= 0.3 is 0 Å². The Morgan fingerprint density at radius 2 is 2.20 bits per heavy atom. The third-order valence-corrected chi connectivity index (χ3v) is 4.16. The Morgan fingerprint density at radius 1 is 1.40 bits per heavy atom. The van der Waals surface area contributed by atoms with Gasteiger partial charge in [0.15, 0.2) is 0 Å². The smallest absolute Gasteiger partial charge is 0.131 e. The number of ether oxygens (including phenoxy) is 1. The summed E-state index contributed by atoms with van der Waals surface area (Å²) in [7, 11) is 0. The molecule has 5 heteroatoms. The average Bonchev–Trinajstić information content (AvgIpc) is 2.83. The number of benzene rings is 1. The number of halogens is 1. The molecule has 0 fully saturated rings. The molecule has 0 saturated heterocycles. The highest BCUT2D eigenvalue weighted by Crippen LogP contribution is 2.23. The first-order valence-electron chi connectivity index (χ1n) is 6.60. The van der Waals surface area contributed by atoms with E-state index in [0.29, 0.717) is 12.6 Å². The van der Waals surface area contributed by atoms with E-state index in [1.807, 2.05) is 25.1 Å². The molecule has 0 aliphatic heterocycles. The van der Waals surface area contributed by atoms with Gasteiger partial charge in [-0.1, -0.05) is 29.8 Å². The number of nitrogens with one attached hydrogen (secondary N) is 1. The van der Waals surface area contributed by atoms with Crippen LogP contribution in [-0.4, -0.2) is 11.0 Å². The molecule has 0 unspecified atom stereocenters. The zero-order valence-corrected chi connectivity index (χ0v) is 14.3. The number of aryl methyl sites for hydroxylation is 1. The van der Waals surface area contributed by atoms with Crippen molar-refractivity contribution in [1.82, 2.24) is 10.3 Å². The Balaban J connectivity index is 1.90. The fourth-order valence-electron chi connectivity index (χ4n) is 1.71. The third-order valence-electron chi connectivity index (χ3n) is 2.77. The van der Waals surface area contributed by atoms with Crippen LogP contribution in [0.15, 0.2) is 28.1 Å². The normalized spacial score (nSPS) is 11.1. The number of hydrogen-bond acceptors (Lipinski definition) is 4. The predicted molar refractivity (Wildman–Crippen MR) is 87.3 cm³/mol. The van der Waals surface area contributed by atoms with E-state index in [9.17, 15) is 0 Å². The van der Waals surface area contributed by atoms with Crippen molar-refractivity contribution in [2.45, 2.75) is 40.0 Å². The molecule has 2 aromatic rings. The lowest BCUT2D eigenvalue weighted by Gasteiger charge is -2.08. The van der Waals surface area contributed by atoms with Gasteiger partial charge in [0.2, 0.25) is 0 Å². The molecular formula is C15H19BrN2OS. The largest absolute Gasteiger partial charge is 0.487 e. The second-order valence-electron chi connectivity index (χ2n) is 4.97. The summed E-state index contributed by atoms with van der Waals surface area (Å²) >= 11 is 5.12. The number of hydrogen-bond donors (Lipinski definition) is 1. The summed E-state index contributed by atoms with van der Waals surface area (Å²) in [4.78, 5) is 4.57. The number of thiazole rings is 1. The summed E-state index contributed by atoms with van der Waals surface area (Å²) in [5.41, 5.74) is 2.11. The van der Waals surface area contributed by atoms with Crippen LogP contribution in [0.25, 0.3) is 0 Å². The van der Waals surface area contributed by atoms with E-state index < -0.39 is 0 Å². The summed E-state index contributed by atoms with van der Waals surface area (Å²) in [5.74, 6) is 0.906. The van der Waals surface area contributed by atoms with Crippen molar-refractivity contribution >= 4 is 27.3 Å². The van der Waals surface area contributed by atoms with Gasteiger partial charge in [0, 0.05) is 22.4 Å². The third kappa shape index (κ3) is 4.58. The molecule has 1 aromatic carbocycles. The van der Waals surface area contributed by atoms with Gasteiger partial charge in [-0.3, -0.25) is 0 Å². The molecule has 1 heterocycles. The summed E-state index contributed by atoms with van der Waals surface area (Å²) in [6.45, 7) is 7.64. The van der Waals surface area contributed by atoms with Crippen LogP contribution in [0.5, 0.6) is 5.75 Å². The topological polar surface area (TPSA) is 34.1 Å².